The SMILES string of the molecule is Cn1c(SCc2nnc(-c3ccc(F)cc3)o2)nnc1[C@H]1COc2ccccc2O1. The van der Waals surface area contributed by atoms with E-state index in [0.29, 0.717) is 46.4 Å². The molecule has 0 aliphatic carbocycles. The highest BCUT2D eigenvalue weighted by Crippen LogP contribution is 2.36. The molecule has 152 valence electrons. The van der Waals surface area contributed by atoms with E-state index in [9.17, 15) is 4.39 Å². The molecule has 0 N–H and O–H groups in total. The van der Waals surface area contributed by atoms with Crippen LogP contribution in [-0.4, -0.2) is 31.6 Å². The molecule has 2 aromatic carbocycles. The molecule has 10 heteroatoms. The number of aromatic nitrogens is 5. The molecular weight excluding hydrogens is 409 g/mol. The molecule has 30 heavy (non-hydrogen) atoms. The van der Waals surface area contributed by atoms with Crippen LogP contribution in [0.1, 0.15) is 17.8 Å². The minimum absolute atomic E-state index is 0.317. The summed E-state index contributed by atoms with van der Waals surface area (Å²) in [6.07, 6.45) is -0.347. The van der Waals surface area contributed by atoms with Gasteiger partial charge in [-0.15, -0.1) is 20.4 Å². The van der Waals surface area contributed by atoms with Gasteiger partial charge in [0.1, 0.15) is 12.4 Å². The Hall–Kier alpha value is -3.40. The van der Waals surface area contributed by atoms with E-state index in [4.69, 9.17) is 13.9 Å². The molecule has 2 aromatic heterocycles. The second-order valence-corrected chi connectivity index (χ2v) is 7.50. The number of fused-ring (bicyclic) bond motifs is 1. The molecule has 0 saturated carbocycles. The average molecular weight is 425 g/mol. The molecule has 5 rings (SSSR count). The van der Waals surface area contributed by atoms with Gasteiger partial charge < -0.3 is 18.5 Å². The van der Waals surface area contributed by atoms with Crippen LogP contribution >= 0.6 is 11.8 Å². The Morgan fingerprint density at radius 2 is 1.83 bits per heavy atom. The van der Waals surface area contributed by atoms with Crippen molar-refractivity contribution in [3.63, 3.8) is 0 Å². The predicted molar refractivity (Wildman–Crippen MR) is 106 cm³/mol. The Bertz CT molecular complexity index is 1180. The zero-order chi connectivity index (χ0) is 20.5. The lowest BCUT2D eigenvalue weighted by Crippen LogP contribution is -2.24. The van der Waals surface area contributed by atoms with E-state index >= 15 is 0 Å². The van der Waals surface area contributed by atoms with Crippen LogP contribution in [0, 0.1) is 5.82 Å². The van der Waals surface area contributed by atoms with Crippen molar-refractivity contribution in [1.29, 1.82) is 0 Å². The van der Waals surface area contributed by atoms with Crippen molar-refractivity contribution in [1.82, 2.24) is 25.0 Å². The first-order valence-electron chi connectivity index (χ1n) is 9.16. The molecule has 1 aliphatic heterocycles. The van der Waals surface area contributed by atoms with Crippen molar-refractivity contribution in [2.45, 2.75) is 17.0 Å². The molecular formula is C20H16FN5O3S. The molecule has 0 bridgehead atoms. The third-order valence-electron chi connectivity index (χ3n) is 4.55. The Morgan fingerprint density at radius 3 is 2.67 bits per heavy atom. The van der Waals surface area contributed by atoms with E-state index in [0.717, 1.165) is 5.75 Å². The van der Waals surface area contributed by atoms with Crippen molar-refractivity contribution < 1.29 is 18.3 Å². The van der Waals surface area contributed by atoms with Gasteiger partial charge in [0.05, 0.1) is 5.75 Å². The minimum Gasteiger partial charge on any atom is -0.485 e. The second kappa shape index (κ2) is 7.79. The van der Waals surface area contributed by atoms with E-state index in [2.05, 4.69) is 20.4 Å². The first-order valence-corrected chi connectivity index (χ1v) is 10.1. The quantitative estimate of drug-likeness (QED) is 0.446. The smallest absolute Gasteiger partial charge is 0.247 e. The van der Waals surface area contributed by atoms with Crippen LogP contribution in [0.4, 0.5) is 4.39 Å². The molecule has 3 heterocycles. The number of thioether (sulfide) groups is 1. The number of hydrogen-bond acceptors (Lipinski definition) is 8. The summed E-state index contributed by atoms with van der Waals surface area (Å²) in [6, 6.07) is 13.4. The van der Waals surface area contributed by atoms with Crippen LogP contribution in [0.3, 0.4) is 0 Å². The maximum atomic E-state index is 13.1. The summed E-state index contributed by atoms with van der Waals surface area (Å²) in [5.41, 5.74) is 0.663. The summed E-state index contributed by atoms with van der Waals surface area (Å²) < 4.78 is 32.4. The lowest BCUT2D eigenvalue weighted by Gasteiger charge is -2.25. The largest absolute Gasteiger partial charge is 0.485 e. The molecule has 0 fully saturated rings. The fraction of sp³-hybridized carbons (Fsp3) is 0.200. The monoisotopic (exact) mass is 425 g/mol. The van der Waals surface area contributed by atoms with Gasteiger partial charge in [0.15, 0.2) is 28.6 Å². The first kappa shape index (κ1) is 18.6. The fourth-order valence-corrected chi connectivity index (χ4v) is 3.78. The number of rotatable bonds is 5. The summed E-state index contributed by atoms with van der Waals surface area (Å²) in [6.45, 7) is 0.359. The van der Waals surface area contributed by atoms with E-state index in [1.54, 1.807) is 12.1 Å². The Balaban J connectivity index is 1.26. The fourth-order valence-electron chi connectivity index (χ4n) is 3.03. The van der Waals surface area contributed by atoms with Gasteiger partial charge in [0, 0.05) is 12.6 Å². The number of hydrogen-bond donors (Lipinski definition) is 0. The molecule has 8 nitrogen and oxygen atoms in total. The van der Waals surface area contributed by atoms with Crippen molar-refractivity contribution in [3.05, 3.63) is 66.1 Å². The van der Waals surface area contributed by atoms with Crippen LogP contribution in [0.15, 0.2) is 58.1 Å². The third kappa shape index (κ3) is 3.61. The zero-order valence-corrected chi connectivity index (χ0v) is 16.7. The van der Waals surface area contributed by atoms with Crippen LogP contribution in [0.5, 0.6) is 11.5 Å². The van der Waals surface area contributed by atoms with E-state index < -0.39 is 0 Å². The van der Waals surface area contributed by atoms with Gasteiger partial charge in [0.25, 0.3) is 0 Å². The summed E-state index contributed by atoms with van der Waals surface area (Å²) in [4.78, 5) is 0. The van der Waals surface area contributed by atoms with Gasteiger partial charge in [-0.2, -0.15) is 0 Å². The molecule has 1 aliphatic rings. The zero-order valence-electron chi connectivity index (χ0n) is 15.9. The van der Waals surface area contributed by atoms with Crippen molar-refractivity contribution in [3.8, 4) is 23.0 Å². The average Bonchev–Trinajstić information content (AvgIpc) is 3.39. The summed E-state index contributed by atoms with van der Waals surface area (Å²) in [5, 5.41) is 17.3. The topological polar surface area (TPSA) is 88.1 Å². The highest BCUT2D eigenvalue weighted by Gasteiger charge is 2.27. The van der Waals surface area contributed by atoms with Crippen LogP contribution in [0.2, 0.25) is 0 Å². The molecule has 0 amide bonds. The van der Waals surface area contributed by atoms with Crippen molar-refractivity contribution >= 4 is 11.8 Å². The van der Waals surface area contributed by atoms with Crippen LogP contribution < -0.4 is 9.47 Å². The molecule has 0 unspecified atom stereocenters. The van der Waals surface area contributed by atoms with Gasteiger partial charge in [-0.3, -0.25) is 0 Å². The van der Waals surface area contributed by atoms with Crippen molar-refractivity contribution in [2.75, 3.05) is 6.61 Å². The molecule has 1 atom stereocenters. The summed E-state index contributed by atoms with van der Waals surface area (Å²) in [7, 11) is 1.87. The molecule has 4 aromatic rings. The standard InChI is InChI=1S/C20H16FN5O3S/c1-26-18(16-10-27-14-4-2-3-5-15(14)28-16)23-25-20(26)30-11-17-22-24-19(29-17)12-6-8-13(21)9-7-12/h2-9,16H,10-11H2,1H3/t16-/m1/s1. The van der Waals surface area contributed by atoms with E-state index in [1.165, 1.54) is 23.9 Å². The summed E-state index contributed by atoms with van der Waals surface area (Å²) in [5.74, 6) is 2.97. The Labute approximate surface area is 175 Å². The number of halogens is 1. The normalized spacial score (nSPS) is 15.3. The van der Waals surface area contributed by atoms with Gasteiger partial charge in [-0.25, -0.2) is 4.39 Å². The maximum absolute atomic E-state index is 13.1. The van der Waals surface area contributed by atoms with E-state index in [1.807, 2.05) is 35.9 Å². The molecule has 0 radical (unpaired) electrons. The van der Waals surface area contributed by atoms with Gasteiger partial charge in [0.2, 0.25) is 11.8 Å². The lowest BCUT2D eigenvalue weighted by molar-refractivity contribution is 0.0825. The van der Waals surface area contributed by atoms with Crippen LogP contribution in [-0.2, 0) is 12.8 Å². The highest BCUT2D eigenvalue weighted by atomic mass is 32.2. The predicted octanol–water partition coefficient (Wildman–Crippen LogP) is 3.81. The number of nitrogens with zero attached hydrogens (tertiary/aromatic N) is 5. The third-order valence-corrected chi connectivity index (χ3v) is 5.55. The molecule has 0 spiro atoms. The number of para-hydroxylation sites is 2. The second-order valence-electron chi connectivity index (χ2n) is 6.56. The lowest BCUT2D eigenvalue weighted by atomic mass is 10.2. The number of benzene rings is 2. The van der Waals surface area contributed by atoms with Crippen LogP contribution in [0.25, 0.3) is 11.5 Å². The minimum atomic E-state index is -0.347. The van der Waals surface area contributed by atoms with Gasteiger partial charge in [-0.05, 0) is 36.4 Å². The first-order chi connectivity index (χ1) is 14.7. The van der Waals surface area contributed by atoms with Gasteiger partial charge >= 0.3 is 0 Å². The summed E-state index contributed by atoms with van der Waals surface area (Å²) >= 11 is 1.42. The highest BCUT2D eigenvalue weighted by molar-refractivity contribution is 7.98. The van der Waals surface area contributed by atoms with Gasteiger partial charge in [-0.1, -0.05) is 23.9 Å². The maximum Gasteiger partial charge on any atom is 0.247 e. The Kier molecular flexibility index (Phi) is 4.83. The van der Waals surface area contributed by atoms with Crippen molar-refractivity contribution in [2.24, 2.45) is 7.05 Å². The van der Waals surface area contributed by atoms with E-state index in [-0.39, 0.29) is 11.9 Å². The number of ether oxygens (including phenoxy) is 2. The molecule has 0 saturated heterocycles. The Morgan fingerprint density at radius 1 is 1.03 bits per heavy atom.